The maximum Gasteiger partial charge on any atom is 0.263 e. The molecule has 0 aromatic carbocycles. The molecule has 0 N–H and O–H groups in total. The lowest BCUT2D eigenvalue weighted by atomic mass is 10.1. The Morgan fingerprint density at radius 2 is 2.11 bits per heavy atom. The van der Waals surface area contributed by atoms with E-state index in [0.717, 1.165) is 41.2 Å². The Labute approximate surface area is 175 Å². The summed E-state index contributed by atoms with van der Waals surface area (Å²) < 4.78 is 1.63. The molecule has 3 aromatic heterocycles. The number of carbonyl (C=O) groups is 1. The fourth-order valence-corrected chi connectivity index (χ4v) is 6.09. The van der Waals surface area contributed by atoms with Crippen molar-refractivity contribution in [3.05, 3.63) is 45.9 Å². The van der Waals surface area contributed by atoms with E-state index in [2.05, 4.69) is 6.58 Å². The van der Waals surface area contributed by atoms with Gasteiger partial charge in [0.05, 0.1) is 11.1 Å². The van der Waals surface area contributed by atoms with Crippen molar-refractivity contribution < 1.29 is 4.79 Å². The minimum Gasteiger partial charge on any atom is -0.342 e. The molecule has 1 aliphatic rings. The summed E-state index contributed by atoms with van der Waals surface area (Å²) in [5.41, 5.74) is 0.869. The van der Waals surface area contributed by atoms with Crippen molar-refractivity contribution in [3.63, 3.8) is 0 Å². The van der Waals surface area contributed by atoms with E-state index in [1.54, 1.807) is 22.0 Å². The fraction of sp³-hybridized carbons (Fsp3) is 0.350. The number of aromatic nitrogens is 2. The van der Waals surface area contributed by atoms with Crippen molar-refractivity contribution >= 4 is 50.6 Å². The van der Waals surface area contributed by atoms with E-state index < -0.39 is 0 Å². The first-order valence-corrected chi connectivity index (χ1v) is 12.0. The van der Waals surface area contributed by atoms with Gasteiger partial charge in [0, 0.05) is 35.5 Å². The molecule has 0 aliphatic carbocycles. The van der Waals surface area contributed by atoms with E-state index >= 15 is 0 Å². The standard InChI is InChI=1S/C20H21N3O2S3/c1-2-8-23-19(25)17-14(15-7-6-11-26-15)12-27-18(17)21-20(23)28-13-16(24)22-9-4-3-5-10-22/h2,6-7,11-12H,1,3-5,8-10,13H2. The Kier molecular flexibility index (Phi) is 5.99. The molecule has 1 aliphatic heterocycles. The van der Waals surface area contributed by atoms with Crippen LogP contribution in [-0.4, -0.2) is 39.2 Å². The molecule has 28 heavy (non-hydrogen) atoms. The lowest BCUT2D eigenvalue weighted by Gasteiger charge is -2.26. The molecule has 0 spiro atoms. The van der Waals surface area contributed by atoms with Crippen LogP contribution in [0.25, 0.3) is 20.7 Å². The van der Waals surface area contributed by atoms with Crippen LogP contribution in [0.1, 0.15) is 19.3 Å². The average molecular weight is 432 g/mol. The number of piperidine rings is 1. The van der Waals surface area contributed by atoms with Crippen LogP contribution < -0.4 is 5.56 Å². The van der Waals surface area contributed by atoms with Gasteiger partial charge < -0.3 is 4.90 Å². The maximum atomic E-state index is 13.2. The summed E-state index contributed by atoms with van der Waals surface area (Å²) in [7, 11) is 0. The summed E-state index contributed by atoms with van der Waals surface area (Å²) in [5.74, 6) is 0.424. The first kappa shape index (κ1) is 19.4. The molecule has 3 aromatic rings. The number of nitrogens with zero attached hydrogens (tertiary/aromatic N) is 3. The van der Waals surface area contributed by atoms with E-state index in [1.165, 1.54) is 29.5 Å². The highest BCUT2D eigenvalue weighted by atomic mass is 32.2. The van der Waals surface area contributed by atoms with Gasteiger partial charge in [-0.15, -0.1) is 29.3 Å². The Bertz CT molecular complexity index is 1050. The number of hydrogen-bond donors (Lipinski definition) is 0. The highest BCUT2D eigenvalue weighted by Gasteiger charge is 2.20. The Hall–Kier alpha value is -1.90. The van der Waals surface area contributed by atoms with Crippen molar-refractivity contribution in [1.29, 1.82) is 0 Å². The van der Waals surface area contributed by atoms with E-state index in [0.29, 0.717) is 22.8 Å². The van der Waals surface area contributed by atoms with Crippen molar-refractivity contribution in [2.45, 2.75) is 31.0 Å². The van der Waals surface area contributed by atoms with Gasteiger partial charge in [0.15, 0.2) is 5.16 Å². The summed E-state index contributed by atoms with van der Waals surface area (Å²) in [5, 5.41) is 5.24. The third-order valence-electron chi connectivity index (χ3n) is 4.79. The Morgan fingerprint density at radius 3 is 2.82 bits per heavy atom. The molecule has 0 radical (unpaired) electrons. The van der Waals surface area contributed by atoms with Crippen molar-refractivity contribution in [3.8, 4) is 10.4 Å². The second kappa shape index (κ2) is 8.63. The van der Waals surface area contributed by atoms with Crippen LogP contribution in [0.15, 0.2) is 45.5 Å². The van der Waals surface area contributed by atoms with E-state index in [1.807, 2.05) is 27.8 Å². The number of likely N-dealkylation sites (tertiary alicyclic amines) is 1. The van der Waals surface area contributed by atoms with Crippen LogP contribution in [0.4, 0.5) is 0 Å². The molecular weight excluding hydrogens is 410 g/mol. The van der Waals surface area contributed by atoms with Crippen LogP contribution in [0, 0.1) is 0 Å². The number of thiophene rings is 2. The van der Waals surface area contributed by atoms with Gasteiger partial charge in [-0.25, -0.2) is 4.98 Å². The minimum atomic E-state index is -0.0672. The van der Waals surface area contributed by atoms with Gasteiger partial charge in [0.1, 0.15) is 4.83 Å². The number of amides is 1. The first-order chi connectivity index (χ1) is 13.7. The van der Waals surface area contributed by atoms with Gasteiger partial charge in [-0.3, -0.25) is 14.2 Å². The molecule has 4 rings (SSSR count). The number of allylic oxidation sites excluding steroid dienone is 1. The quantitative estimate of drug-likeness (QED) is 0.328. The summed E-state index contributed by atoms with van der Waals surface area (Å²) in [6, 6.07) is 4.00. The summed E-state index contributed by atoms with van der Waals surface area (Å²) >= 11 is 4.44. The third-order valence-corrected chi connectivity index (χ3v) is 7.53. The maximum absolute atomic E-state index is 13.2. The zero-order valence-electron chi connectivity index (χ0n) is 15.4. The zero-order chi connectivity index (χ0) is 19.5. The molecule has 1 saturated heterocycles. The topological polar surface area (TPSA) is 55.2 Å². The molecule has 0 saturated carbocycles. The lowest BCUT2D eigenvalue weighted by molar-refractivity contribution is -0.129. The third kappa shape index (κ3) is 3.81. The predicted octanol–water partition coefficient (Wildman–Crippen LogP) is 4.48. The summed E-state index contributed by atoms with van der Waals surface area (Å²) in [4.78, 5) is 34.2. The lowest BCUT2D eigenvalue weighted by Crippen LogP contribution is -2.37. The fourth-order valence-electron chi connectivity index (χ4n) is 3.38. The number of thioether (sulfide) groups is 1. The van der Waals surface area contributed by atoms with Gasteiger partial charge in [-0.05, 0) is 30.7 Å². The second-order valence-corrected chi connectivity index (χ2v) is 9.38. The molecule has 0 unspecified atom stereocenters. The number of carbonyl (C=O) groups excluding carboxylic acids is 1. The Balaban J connectivity index is 1.66. The minimum absolute atomic E-state index is 0.0672. The Morgan fingerprint density at radius 1 is 1.29 bits per heavy atom. The van der Waals surface area contributed by atoms with E-state index in [9.17, 15) is 9.59 Å². The van der Waals surface area contributed by atoms with Crippen molar-refractivity contribution in [2.24, 2.45) is 0 Å². The summed E-state index contributed by atoms with van der Waals surface area (Å²) in [6.45, 7) is 5.82. The molecule has 5 nitrogen and oxygen atoms in total. The van der Waals surface area contributed by atoms with Crippen LogP contribution in [-0.2, 0) is 11.3 Å². The van der Waals surface area contributed by atoms with Crippen LogP contribution in [0.5, 0.6) is 0 Å². The second-order valence-electron chi connectivity index (χ2n) is 6.64. The van der Waals surface area contributed by atoms with E-state index in [4.69, 9.17) is 4.98 Å². The van der Waals surface area contributed by atoms with Crippen LogP contribution in [0.2, 0.25) is 0 Å². The molecule has 1 fully saturated rings. The molecule has 4 heterocycles. The molecule has 0 atom stereocenters. The monoisotopic (exact) mass is 431 g/mol. The number of hydrogen-bond acceptors (Lipinski definition) is 6. The number of fused-ring (bicyclic) bond motifs is 1. The van der Waals surface area contributed by atoms with Crippen molar-refractivity contribution in [1.82, 2.24) is 14.5 Å². The van der Waals surface area contributed by atoms with Crippen LogP contribution >= 0.6 is 34.4 Å². The van der Waals surface area contributed by atoms with Gasteiger partial charge in [0.2, 0.25) is 5.91 Å². The van der Waals surface area contributed by atoms with Gasteiger partial charge >= 0.3 is 0 Å². The van der Waals surface area contributed by atoms with E-state index in [-0.39, 0.29) is 11.5 Å². The molecule has 0 bridgehead atoms. The normalized spacial score (nSPS) is 14.5. The summed E-state index contributed by atoms with van der Waals surface area (Å²) in [6.07, 6.45) is 5.03. The van der Waals surface area contributed by atoms with Gasteiger partial charge in [-0.1, -0.05) is 23.9 Å². The number of rotatable bonds is 6. The smallest absolute Gasteiger partial charge is 0.263 e. The zero-order valence-corrected chi connectivity index (χ0v) is 17.9. The largest absolute Gasteiger partial charge is 0.342 e. The SMILES string of the molecule is C=CCn1c(SCC(=O)N2CCCCC2)nc2scc(-c3cccs3)c2c1=O. The first-order valence-electron chi connectivity index (χ1n) is 9.26. The highest BCUT2D eigenvalue weighted by molar-refractivity contribution is 7.99. The molecular formula is C20H21N3O2S3. The van der Waals surface area contributed by atoms with Gasteiger partial charge in [-0.2, -0.15) is 0 Å². The molecule has 8 heteroatoms. The molecule has 1 amide bonds. The van der Waals surface area contributed by atoms with Gasteiger partial charge in [0.25, 0.3) is 5.56 Å². The van der Waals surface area contributed by atoms with Crippen LogP contribution in [0.3, 0.4) is 0 Å². The molecule has 146 valence electrons. The average Bonchev–Trinajstić information content (AvgIpc) is 3.39. The van der Waals surface area contributed by atoms with Crippen molar-refractivity contribution in [2.75, 3.05) is 18.8 Å². The highest BCUT2D eigenvalue weighted by Crippen LogP contribution is 2.34. The predicted molar refractivity (Wildman–Crippen MR) is 119 cm³/mol.